The van der Waals surface area contributed by atoms with Crippen LogP contribution in [0.1, 0.15) is 24.6 Å². The van der Waals surface area contributed by atoms with Gasteiger partial charge >= 0.3 is 0 Å². The molecule has 1 atom stereocenters. The number of benzene rings is 2. The van der Waals surface area contributed by atoms with E-state index in [-0.39, 0.29) is 11.2 Å². The van der Waals surface area contributed by atoms with Crippen LogP contribution in [0.4, 0.5) is 10.1 Å². The van der Waals surface area contributed by atoms with Crippen molar-refractivity contribution in [2.75, 3.05) is 44.3 Å². The van der Waals surface area contributed by atoms with Gasteiger partial charge in [-0.1, -0.05) is 12.5 Å². The van der Waals surface area contributed by atoms with E-state index in [9.17, 15) is 12.8 Å². The third-order valence-corrected chi connectivity index (χ3v) is 9.49. The largest absolute Gasteiger partial charge is 0.378 e. The number of ether oxygens (including phenoxy) is 1. The number of nitrogens with zero attached hydrogens (tertiary/aromatic N) is 4. The third kappa shape index (κ3) is 4.05. The molecule has 0 N–H and O–H groups in total. The summed E-state index contributed by atoms with van der Waals surface area (Å²) >= 11 is 0. The summed E-state index contributed by atoms with van der Waals surface area (Å²) in [5.41, 5.74) is 4.81. The molecule has 3 aliphatic rings. The Bertz CT molecular complexity index is 1410. The summed E-state index contributed by atoms with van der Waals surface area (Å²) in [4.78, 5) is 2.54. The van der Waals surface area contributed by atoms with Crippen LogP contribution in [0.2, 0.25) is 0 Å². The van der Waals surface area contributed by atoms with Crippen LogP contribution in [0.3, 0.4) is 0 Å². The van der Waals surface area contributed by atoms with Crippen molar-refractivity contribution in [1.82, 2.24) is 14.1 Å². The third-order valence-electron chi connectivity index (χ3n) is 7.63. The van der Waals surface area contributed by atoms with Gasteiger partial charge in [0.1, 0.15) is 5.82 Å². The van der Waals surface area contributed by atoms with Gasteiger partial charge in [0, 0.05) is 37.3 Å². The molecule has 1 aliphatic carbocycles. The van der Waals surface area contributed by atoms with Gasteiger partial charge in [-0.05, 0) is 73.0 Å². The van der Waals surface area contributed by atoms with Crippen molar-refractivity contribution in [3.8, 4) is 5.69 Å². The first-order chi connectivity index (χ1) is 17.3. The van der Waals surface area contributed by atoms with Gasteiger partial charge in [0.15, 0.2) is 0 Å². The normalized spacial score (nSPS) is 22.6. The molecule has 188 valence electrons. The number of hydrogen-bond donors (Lipinski definition) is 0. The number of morpholine rings is 1. The minimum Gasteiger partial charge on any atom is -0.378 e. The summed E-state index contributed by atoms with van der Waals surface area (Å²) in [5.74, 6) is -0.282. The zero-order chi connectivity index (χ0) is 24.9. The van der Waals surface area contributed by atoms with Crippen molar-refractivity contribution in [3.05, 3.63) is 77.4 Å². The number of rotatable bonds is 4. The standard InChI is InChI=1S/C27H29FN4O3S/c1-27-17-20-18-29-32(24-4-2-22(28)3-5-24)26(20)16-21(27)10-11-31(19-27)36(33,34)25-8-6-23(7-9-25)30-12-14-35-15-13-30/h2-9,16,18H,10-15,17,19H2,1H3/t27-/m1/s1. The smallest absolute Gasteiger partial charge is 0.243 e. The fourth-order valence-electron chi connectivity index (χ4n) is 5.59. The van der Waals surface area contributed by atoms with Crippen LogP contribution in [-0.2, 0) is 21.2 Å². The van der Waals surface area contributed by atoms with E-state index < -0.39 is 10.0 Å². The van der Waals surface area contributed by atoms with Crippen molar-refractivity contribution >= 4 is 21.8 Å². The average Bonchev–Trinajstić information content (AvgIpc) is 3.29. The van der Waals surface area contributed by atoms with E-state index >= 15 is 0 Å². The Balaban J connectivity index is 1.23. The van der Waals surface area contributed by atoms with Crippen LogP contribution >= 0.6 is 0 Å². The fourth-order valence-corrected chi connectivity index (χ4v) is 7.16. The average molecular weight is 509 g/mol. The lowest BCUT2D eigenvalue weighted by molar-refractivity contribution is 0.122. The summed E-state index contributed by atoms with van der Waals surface area (Å²) in [6.07, 6.45) is 5.36. The Morgan fingerprint density at radius 3 is 2.39 bits per heavy atom. The second kappa shape index (κ2) is 8.83. The van der Waals surface area contributed by atoms with Gasteiger partial charge in [0.05, 0.1) is 35.7 Å². The van der Waals surface area contributed by atoms with Crippen LogP contribution in [0.15, 0.2) is 65.2 Å². The second-order valence-corrected chi connectivity index (χ2v) is 12.0. The number of hydrogen-bond acceptors (Lipinski definition) is 5. The topological polar surface area (TPSA) is 67.7 Å². The molecule has 0 bridgehead atoms. The lowest BCUT2D eigenvalue weighted by atomic mass is 9.70. The maximum absolute atomic E-state index is 13.6. The molecule has 2 fully saturated rings. The number of anilines is 1. The molecule has 0 amide bonds. The van der Waals surface area contributed by atoms with Crippen molar-refractivity contribution in [2.45, 2.75) is 24.7 Å². The van der Waals surface area contributed by atoms with Gasteiger partial charge in [-0.25, -0.2) is 17.5 Å². The van der Waals surface area contributed by atoms with E-state index in [0.29, 0.717) is 44.0 Å². The first-order valence-corrected chi connectivity index (χ1v) is 13.7. The van der Waals surface area contributed by atoms with Crippen molar-refractivity contribution < 1.29 is 17.5 Å². The summed E-state index contributed by atoms with van der Waals surface area (Å²) < 4.78 is 49.4. The highest BCUT2D eigenvalue weighted by molar-refractivity contribution is 7.89. The van der Waals surface area contributed by atoms with E-state index in [4.69, 9.17) is 4.74 Å². The van der Waals surface area contributed by atoms with Crippen LogP contribution in [0.5, 0.6) is 0 Å². The van der Waals surface area contributed by atoms with Gasteiger partial charge in [0.25, 0.3) is 0 Å². The molecule has 0 spiro atoms. The lowest BCUT2D eigenvalue weighted by Gasteiger charge is -2.43. The van der Waals surface area contributed by atoms with Crippen LogP contribution < -0.4 is 4.90 Å². The molecule has 3 heterocycles. The van der Waals surface area contributed by atoms with E-state index in [2.05, 4.69) is 23.0 Å². The molecular formula is C27H29FN4O3S. The minimum absolute atomic E-state index is 0.282. The molecule has 9 heteroatoms. The Morgan fingerprint density at radius 1 is 0.972 bits per heavy atom. The van der Waals surface area contributed by atoms with Crippen molar-refractivity contribution in [1.29, 1.82) is 0 Å². The molecule has 0 saturated carbocycles. The van der Waals surface area contributed by atoms with Gasteiger partial charge in [-0.15, -0.1) is 0 Å². The highest BCUT2D eigenvalue weighted by Crippen LogP contribution is 2.45. The molecular weight excluding hydrogens is 479 g/mol. The zero-order valence-electron chi connectivity index (χ0n) is 20.2. The maximum atomic E-state index is 13.6. The van der Waals surface area contributed by atoms with Gasteiger partial charge < -0.3 is 9.64 Å². The fraction of sp³-hybridized carbons (Fsp3) is 0.370. The predicted octanol–water partition coefficient (Wildman–Crippen LogP) is 3.89. The number of halogens is 1. The van der Waals surface area contributed by atoms with Crippen LogP contribution in [-0.4, -0.2) is 61.9 Å². The molecule has 6 rings (SSSR count). The summed E-state index contributed by atoms with van der Waals surface area (Å²) in [6, 6.07) is 13.5. The number of sulfonamides is 1. The van der Waals surface area contributed by atoms with Gasteiger partial charge in [-0.3, -0.25) is 0 Å². The molecule has 3 aromatic rings. The van der Waals surface area contributed by atoms with Crippen molar-refractivity contribution in [2.24, 2.45) is 5.41 Å². The Labute approximate surface area is 210 Å². The van der Waals surface area contributed by atoms with Gasteiger partial charge in [0.2, 0.25) is 10.0 Å². The van der Waals surface area contributed by atoms with Crippen LogP contribution in [0, 0.1) is 11.2 Å². The Kier molecular flexibility index (Phi) is 5.74. The van der Waals surface area contributed by atoms with E-state index in [0.717, 1.165) is 35.7 Å². The van der Waals surface area contributed by atoms with E-state index in [1.54, 1.807) is 28.6 Å². The summed E-state index contributed by atoms with van der Waals surface area (Å²) in [7, 11) is -3.61. The van der Waals surface area contributed by atoms with E-state index in [1.165, 1.54) is 17.7 Å². The van der Waals surface area contributed by atoms with E-state index in [1.807, 2.05) is 23.0 Å². The molecule has 2 aliphatic heterocycles. The molecule has 0 radical (unpaired) electrons. The minimum atomic E-state index is -3.61. The van der Waals surface area contributed by atoms with Gasteiger partial charge in [-0.2, -0.15) is 9.40 Å². The second-order valence-electron chi connectivity index (χ2n) is 10.0. The molecule has 2 aromatic carbocycles. The Morgan fingerprint density at radius 2 is 1.67 bits per heavy atom. The first kappa shape index (κ1) is 23.4. The molecule has 1 aromatic heterocycles. The highest BCUT2D eigenvalue weighted by Gasteiger charge is 2.43. The summed E-state index contributed by atoms with van der Waals surface area (Å²) in [5, 5.41) is 4.55. The predicted molar refractivity (Wildman–Crippen MR) is 136 cm³/mol. The highest BCUT2D eigenvalue weighted by atomic mass is 32.2. The lowest BCUT2D eigenvalue weighted by Crippen LogP contribution is -2.47. The number of fused-ring (bicyclic) bond motifs is 2. The first-order valence-electron chi connectivity index (χ1n) is 12.3. The molecule has 7 nitrogen and oxygen atoms in total. The molecule has 36 heavy (non-hydrogen) atoms. The zero-order valence-corrected chi connectivity index (χ0v) is 21.0. The summed E-state index contributed by atoms with van der Waals surface area (Å²) in [6.45, 7) is 6.00. The molecule has 2 saturated heterocycles. The number of piperidine rings is 1. The SMILES string of the molecule is C[C@]12Cc3cnn(-c4ccc(F)cc4)c3C=C1CCN(S(=O)(=O)c1ccc(N3CCOCC3)cc1)C2. The number of aromatic nitrogens is 2. The van der Waals surface area contributed by atoms with Crippen LogP contribution in [0.25, 0.3) is 11.8 Å². The molecule has 0 unspecified atom stereocenters. The maximum Gasteiger partial charge on any atom is 0.243 e. The van der Waals surface area contributed by atoms with Crippen molar-refractivity contribution in [3.63, 3.8) is 0 Å². The quantitative estimate of drug-likeness (QED) is 0.535. The Hall–Kier alpha value is -3.01. The monoisotopic (exact) mass is 508 g/mol.